The van der Waals surface area contributed by atoms with Crippen LogP contribution in [0.3, 0.4) is 0 Å². The largest absolute Gasteiger partial charge is 0.506 e. The van der Waals surface area contributed by atoms with Gasteiger partial charge in [0.1, 0.15) is 5.76 Å². The number of halogens is 1. The zero-order valence-corrected chi connectivity index (χ0v) is 3.24. The molecule has 0 spiro atoms. The quantitative estimate of drug-likeness (QED) is 0.380. The monoisotopic (exact) mass is 88.0 g/mol. The molecule has 0 aromatic carbocycles. The van der Waals surface area contributed by atoms with Crippen LogP contribution in [0.25, 0.3) is 0 Å². The Kier molecular flexibility index (Phi) is 1.39. The molecule has 2 heteroatoms. The minimum Gasteiger partial charge on any atom is -0.506 e. The van der Waals surface area contributed by atoms with E-state index in [4.69, 9.17) is 5.11 Å². The van der Waals surface area contributed by atoms with Gasteiger partial charge in [-0.3, -0.25) is 0 Å². The summed E-state index contributed by atoms with van der Waals surface area (Å²) >= 11 is 0. The molecule has 0 aliphatic heterocycles. The maximum atomic E-state index is 11.3. The van der Waals surface area contributed by atoms with Crippen molar-refractivity contribution in [2.45, 2.75) is 0 Å². The molecule has 0 heterocycles. The lowest BCUT2D eigenvalue weighted by molar-refractivity contribution is 0.393. The van der Waals surface area contributed by atoms with E-state index in [0.717, 1.165) is 0 Å². The molecule has 1 N–H and O–H groups in total. The first-order chi connectivity index (χ1) is 2.64. The molecule has 0 unspecified atom stereocenters. The van der Waals surface area contributed by atoms with Gasteiger partial charge in [0.05, 0.1) is 0 Å². The Bertz CT molecular complexity index is 73.5. The molecule has 0 aromatic rings. The van der Waals surface area contributed by atoms with E-state index < -0.39 is 11.6 Å². The van der Waals surface area contributed by atoms with Gasteiger partial charge in [-0.15, -0.1) is 0 Å². The van der Waals surface area contributed by atoms with Crippen LogP contribution in [0.5, 0.6) is 0 Å². The van der Waals surface area contributed by atoms with Gasteiger partial charge in [0.15, 0.2) is 5.83 Å². The zero-order valence-electron chi connectivity index (χ0n) is 3.24. The average molecular weight is 88.1 g/mol. The summed E-state index contributed by atoms with van der Waals surface area (Å²) in [5.74, 6) is -1.48. The standard InChI is InChI=1S/C4H5FO/c1-3(5)4(2)6/h6H,1-2H2. The molecule has 0 aliphatic rings. The Morgan fingerprint density at radius 2 is 1.67 bits per heavy atom. The first-order valence-corrected chi connectivity index (χ1v) is 1.37. The van der Waals surface area contributed by atoms with E-state index in [9.17, 15) is 4.39 Å². The van der Waals surface area contributed by atoms with Crippen LogP contribution in [0.15, 0.2) is 24.7 Å². The highest BCUT2D eigenvalue weighted by Gasteiger charge is 1.87. The maximum absolute atomic E-state index is 11.3. The second-order valence-electron chi connectivity index (χ2n) is 0.852. The lowest BCUT2D eigenvalue weighted by Crippen LogP contribution is -1.71. The number of aliphatic hydroxyl groups excluding tert-OH is 1. The third-order valence-corrected chi connectivity index (χ3v) is 0.313. The normalized spacial score (nSPS) is 7.50. The van der Waals surface area contributed by atoms with Crippen LogP contribution < -0.4 is 0 Å². The van der Waals surface area contributed by atoms with Gasteiger partial charge in [-0.1, -0.05) is 13.2 Å². The van der Waals surface area contributed by atoms with Crippen molar-refractivity contribution in [3.8, 4) is 0 Å². The Balaban J connectivity index is 3.57. The van der Waals surface area contributed by atoms with Gasteiger partial charge in [0.25, 0.3) is 0 Å². The molecule has 0 atom stereocenters. The van der Waals surface area contributed by atoms with Crippen LogP contribution >= 0.6 is 0 Å². The number of aliphatic hydroxyl groups is 1. The minimum atomic E-state index is -0.880. The lowest BCUT2D eigenvalue weighted by Gasteiger charge is -1.82. The fourth-order valence-corrected chi connectivity index (χ4v) is 0. The van der Waals surface area contributed by atoms with Gasteiger partial charge < -0.3 is 5.11 Å². The van der Waals surface area contributed by atoms with E-state index >= 15 is 0 Å². The predicted molar refractivity (Wildman–Crippen MR) is 22.0 cm³/mol. The Hall–Kier alpha value is -0.790. The molecule has 0 radical (unpaired) electrons. The first kappa shape index (κ1) is 5.21. The third kappa shape index (κ3) is 1.52. The highest BCUT2D eigenvalue weighted by Crippen LogP contribution is 1.98. The number of allylic oxidation sites excluding steroid dienone is 1. The van der Waals surface area contributed by atoms with E-state index in [2.05, 4.69) is 13.2 Å². The van der Waals surface area contributed by atoms with E-state index in [0.29, 0.717) is 0 Å². The summed E-state index contributed by atoms with van der Waals surface area (Å²) in [6.07, 6.45) is 0. The van der Waals surface area contributed by atoms with E-state index in [-0.39, 0.29) is 0 Å². The molecule has 0 fully saturated rings. The van der Waals surface area contributed by atoms with Crippen LogP contribution in [-0.2, 0) is 0 Å². The first-order valence-electron chi connectivity index (χ1n) is 1.37. The number of hydrogen-bond acceptors (Lipinski definition) is 1. The Morgan fingerprint density at radius 3 is 1.67 bits per heavy atom. The predicted octanol–water partition coefficient (Wildman–Crippen LogP) is 1.54. The van der Waals surface area contributed by atoms with Crippen LogP contribution in [0, 0.1) is 0 Å². The van der Waals surface area contributed by atoms with Crippen LogP contribution in [0.1, 0.15) is 0 Å². The fraction of sp³-hybridized carbons (Fsp3) is 0. The molecule has 0 rings (SSSR count). The smallest absolute Gasteiger partial charge is 0.157 e. The van der Waals surface area contributed by atoms with Crippen molar-refractivity contribution in [1.29, 1.82) is 0 Å². The van der Waals surface area contributed by atoms with Crippen molar-refractivity contribution in [2.24, 2.45) is 0 Å². The average Bonchev–Trinajstić information content (AvgIpc) is 1.36. The van der Waals surface area contributed by atoms with Gasteiger partial charge in [0.2, 0.25) is 0 Å². The summed E-state index contributed by atoms with van der Waals surface area (Å²) in [6, 6.07) is 0. The van der Waals surface area contributed by atoms with Crippen molar-refractivity contribution >= 4 is 0 Å². The SMILES string of the molecule is C=C(O)C(=C)F. The minimum absolute atomic E-state index is 0.602. The second kappa shape index (κ2) is 1.60. The number of hydrogen-bond donors (Lipinski definition) is 1. The van der Waals surface area contributed by atoms with E-state index in [1.807, 2.05) is 0 Å². The Morgan fingerprint density at radius 1 is 1.50 bits per heavy atom. The summed E-state index contributed by atoms with van der Waals surface area (Å²) < 4.78 is 11.3. The van der Waals surface area contributed by atoms with Crippen molar-refractivity contribution in [3.05, 3.63) is 24.7 Å². The fourth-order valence-electron chi connectivity index (χ4n) is 0. The molecule has 0 bridgehead atoms. The third-order valence-electron chi connectivity index (χ3n) is 0.313. The van der Waals surface area contributed by atoms with E-state index in [1.165, 1.54) is 0 Å². The molecular weight excluding hydrogens is 83.0 g/mol. The van der Waals surface area contributed by atoms with Crippen LogP contribution in [0.4, 0.5) is 4.39 Å². The van der Waals surface area contributed by atoms with Crippen molar-refractivity contribution in [1.82, 2.24) is 0 Å². The molecule has 0 saturated carbocycles. The lowest BCUT2D eigenvalue weighted by atomic mass is 10.5. The molecular formula is C4H5FO. The molecule has 0 saturated heterocycles. The highest BCUT2D eigenvalue weighted by atomic mass is 19.1. The van der Waals surface area contributed by atoms with Gasteiger partial charge in [-0.05, 0) is 0 Å². The van der Waals surface area contributed by atoms with Crippen molar-refractivity contribution in [3.63, 3.8) is 0 Å². The summed E-state index contributed by atoms with van der Waals surface area (Å²) in [4.78, 5) is 0. The molecule has 34 valence electrons. The molecule has 1 nitrogen and oxygen atoms in total. The molecule has 0 aromatic heterocycles. The summed E-state index contributed by atoms with van der Waals surface area (Å²) in [5.41, 5.74) is 0. The highest BCUT2D eigenvalue weighted by molar-refractivity contribution is 5.08. The van der Waals surface area contributed by atoms with Gasteiger partial charge >= 0.3 is 0 Å². The molecule has 0 aliphatic carbocycles. The van der Waals surface area contributed by atoms with Gasteiger partial charge in [-0.2, -0.15) is 0 Å². The molecule has 0 amide bonds. The summed E-state index contributed by atoms with van der Waals surface area (Å²) in [6.45, 7) is 5.57. The summed E-state index contributed by atoms with van der Waals surface area (Å²) in [7, 11) is 0. The second-order valence-corrected chi connectivity index (χ2v) is 0.852. The van der Waals surface area contributed by atoms with Crippen molar-refractivity contribution < 1.29 is 9.50 Å². The molecule has 6 heavy (non-hydrogen) atoms. The maximum Gasteiger partial charge on any atom is 0.157 e. The topological polar surface area (TPSA) is 20.2 Å². The Labute approximate surface area is 35.4 Å². The summed E-state index contributed by atoms with van der Waals surface area (Å²) in [5, 5.41) is 7.96. The van der Waals surface area contributed by atoms with Crippen molar-refractivity contribution in [2.75, 3.05) is 0 Å². The van der Waals surface area contributed by atoms with Gasteiger partial charge in [0, 0.05) is 0 Å². The van der Waals surface area contributed by atoms with Gasteiger partial charge in [-0.25, -0.2) is 4.39 Å². The number of rotatable bonds is 1. The van der Waals surface area contributed by atoms with Crippen LogP contribution in [0.2, 0.25) is 0 Å². The van der Waals surface area contributed by atoms with Crippen LogP contribution in [-0.4, -0.2) is 5.11 Å². The zero-order chi connectivity index (χ0) is 5.15. The van der Waals surface area contributed by atoms with E-state index in [1.54, 1.807) is 0 Å².